The standard InChI is InChI=1S/C17H12BrNO2S2/c18-12-6-8-13(9-7-12)23-19-14-10-15(22-16(14)17(20)21)11-4-2-1-3-5-11/h1-10,19H,(H,20,21). The lowest BCUT2D eigenvalue weighted by molar-refractivity contribution is 0.0703. The number of nitrogens with one attached hydrogen (secondary N) is 1. The van der Waals surface area contributed by atoms with E-state index in [1.54, 1.807) is 0 Å². The van der Waals surface area contributed by atoms with Crippen LogP contribution in [0.3, 0.4) is 0 Å². The SMILES string of the molecule is O=C(O)c1sc(-c2ccccc2)cc1NSc1ccc(Br)cc1. The van der Waals surface area contributed by atoms with Crippen molar-refractivity contribution < 1.29 is 9.90 Å². The van der Waals surface area contributed by atoms with Crippen molar-refractivity contribution in [3.63, 3.8) is 0 Å². The van der Waals surface area contributed by atoms with Crippen LogP contribution in [0.25, 0.3) is 10.4 Å². The third kappa shape index (κ3) is 3.96. The molecule has 0 saturated heterocycles. The first-order valence-electron chi connectivity index (χ1n) is 6.74. The molecule has 0 spiro atoms. The van der Waals surface area contributed by atoms with E-state index in [4.69, 9.17) is 0 Å². The van der Waals surface area contributed by atoms with Crippen LogP contribution in [-0.4, -0.2) is 11.1 Å². The van der Waals surface area contributed by atoms with Crippen molar-refractivity contribution >= 4 is 50.9 Å². The Hall–Kier alpha value is -1.76. The Morgan fingerprint density at radius 1 is 1.09 bits per heavy atom. The van der Waals surface area contributed by atoms with Gasteiger partial charge in [-0.05, 0) is 47.8 Å². The molecular formula is C17H12BrNO2S2. The monoisotopic (exact) mass is 405 g/mol. The van der Waals surface area contributed by atoms with Crippen molar-refractivity contribution in [3.8, 4) is 10.4 Å². The minimum atomic E-state index is -0.920. The van der Waals surface area contributed by atoms with E-state index in [0.717, 1.165) is 19.8 Å². The van der Waals surface area contributed by atoms with Gasteiger partial charge in [-0.2, -0.15) is 0 Å². The maximum absolute atomic E-state index is 11.5. The van der Waals surface area contributed by atoms with E-state index in [-0.39, 0.29) is 0 Å². The van der Waals surface area contributed by atoms with E-state index < -0.39 is 5.97 Å². The molecule has 0 amide bonds. The predicted octanol–water partition coefficient (Wildman–Crippen LogP) is 6.00. The number of thiophene rings is 1. The molecule has 116 valence electrons. The summed E-state index contributed by atoms with van der Waals surface area (Å²) >= 11 is 6.07. The molecule has 2 N–H and O–H groups in total. The summed E-state index contributed by atoms with van der Waals surface area (Å²) in [7, 11) is 0. The summed E-state index contributed by atoms with van der Waals surface area (Å²) in [5, 5.41) is 9.41. The smallest absolute Gasteiger partial charge is 0.348 e. The largest absolute Gasteiger partial charge is 0.477 e. The fraction of sp³-hybridized carbons (Fsp3) is 0. The van der Waals surface area contributed by atoms with Crippen LogP contribution in [0, 0.1) is 0 Å². The Labute approximate surface area is 150 Å². The summed E-state index contributed by atoms with van der Waals surface area (Å²) in [5.41, 5.74) is 1.64. The molecule has 0 bridgehead atoms. The van der Waals surface area contributed by atoms with Crippen LogP contribution in [0.2, 0.25) is 0 Å². The summed E-state index contributed by atoms with van der Waals surface area (Å²) in [4.78, 5) is 13.7. The molecule has 3 aromatic rings. The minimum Gasteiger partial charge on any atom is -0.477 e. The number of carboxylic acids is 1. The zero-order valence-electron chi connectivity index (χ0n) is 11.8. The van der Waals surface area contributed by atoms with Gasteiger partial charge in [-0.25, -0.2) is 4.79 Å². The van der Waals surface area contributed by atoms with Gasteiger partial charge in [0, 0.05) is 14.2 Å². The van der Waals surface area contributed by atoms with Gasteiger partial charge in [0.1, 0.15) is 4.88 Å². The van der Waals surface area contributed by atoms with Gasteiger partial charge in [0.25, 0.3) is 0 Å². The fourth-order valence-electron chi connectivity index (χ4n) is 1.99. The Kier molecular flexibility index (Phi) is 5.05. The van der Waals surface area contributed by atoms with Crippen LogP contribution in [0.1, 0.15) is 9.67 Å². The second-order valence-electron chi connectivity index (χ2n) is 4.68. The number of benzene rings is 2. The number of carboxylic acid groups (broad SMARTS) is 1. The van der Waals surface area contributed by atoms with E-state index in [0.29, 0.717) is 10.6 Å². The summed E-state index contributed by atoms with van der Waals surface area (Å²) in [6, 6.07) is 19.5. The average Bonchev–Trinajstić information content (AvgIpc) is 3.00. The number of carbonyl (C=O) groups is 1. The van der Waals surface area contributed by atoms with Crippen LogP contribution in [0.5, 0.6) is 0 Å². The maximum Gasteiger partial charge on any atom is 0.348 e. The molecule has 0 radical (unpaired) electrons. The fourth-order valence-corrected chi connectivity index (χ4v) is 3.93. The lowest BCUT2D eigenvalue weighted by Crippen LogP contribution is -1.96. The van der Waals surface area contributed by atoms with Gasteiger partial charge in [-0.3, -0.25) is 0 Å². The first-order chi connectivity index (χ1) is 11.1. The number of rotatable bonds is 5. The van der Waals surface area contributed by atoms with Crippen molar-refractivity contribution in [1.82, 2.24) is 0 Å². The minimum absolute atomic E-state index is 0.313. The van der Waals surface area contributed by atoms with Gasteiger partial charge in [-0.1, -0.05) is 46.3 Å². The Bertz CT molecular complexity index is 816. The van der Waals surface area contributed by atoms with Crippen molar-refractivity contribution in [2.45, 2.75) is 4.90 Å². The Morgan fingerprint density at radius 2 is 1.78 bits per heavy atom. The molecule has 1 heterocycles. The molecule has 3 rings (SSSR count). The van der Waals surface area contributed by atoms with Crippen molar-refractivity contribution in [3.05, 3.63) is 70.0 Å². The number of halogens is 1. The maximum atomic E-state index is 11.5. The van der Waals surface area contributed by atoms with Crippen molar-refractivity contribution in [2.75, 3.05) is 4.72 Å². The van der Waals surface area contributed by atoms with Crippen LogP contribution in [0.15, 0.2) is 70.0 Å². The Morgan fingerprint density at radius 3 is 2.43 bits per heavy atom. The molecule has 2 aromatic carbocycles. The van der Waals surface area contributed by atoms with Gasteiger partial charge in [-0.15, -0.1) is 11.3 Å². The average molecular weight is 406 g/mol. The predicted molar refractivity (Wildman–Crippen MR) is 100 cm³/mol. The zero-order valence-corrected chi connectivity index (χ0v) is 15.0. The molecule has 0 atom stereocenters. The van der Waals surface area contributed by atoms with E-state index in [9.17, 15) is 9.90 Å². The van der Waals surface area contributed by atoms with Crippen molar-refractivity contribution in [2.24, 2.45) is 0 Å². The van der Waals surface area contributed by atoms with Gasteiger partial charge < -0.3 is 9.83 Å². The molecule has 0 saturated carbocycles. The van der Waals surface area contributed by atoms with Crippen LogP contribution >= 0.6 is 39.2 Å². The number of aromatic carboxylic acids is 1. The topological polar surface area (TPSA) is 49.3 Å². The molecular weight excluding hydrogens is 394 g/mol. The molecule has 0 unspecified atom stereocenters. The van der Waals surface area contributed by atoms with Gasteiger partial charge in [0.15, 0.2) is 0 Å². The molecule has 6 heteroatoms. The summed E-state index contributed by atoms with van der Waals surface area (Å²) < 4.78 is 4.16. The lowest BCUT2D eigenvalue weighted by Gasteiger charge is -2.04. The molecule has 0 fully saturated rings. The highest BCUT2D eigenvalue weighted by Crippen LogP contribution is 2.36. The third-order valence-electron chi connectivity index (χ3n) is 3.08. The summed E-state index contributed by atoms with van der Waals surface area (Å²) in [6.45, 7) is 0. The molecule has 0 aliphatic heterocycles. The first kappa shape index (κ1) is 16.1. The van der Waals surface area contributed by atoms with E-state index >= 15 is 0 Å². The molecule has 3 nitrogen and oxygen atoms in total. The molecule has 0 aliphatic carbocycles. The van der Waals surface area contributed by atoms with E-state index in [1.807, 2.05) is 60.7 Å². The quantitative estimate of drug-likeness (QED) is 0.511. The highest BCUT2D eigenvalue weighted by Gasteiger charge is 2.16. The van der Waals surface area contributed by atoms with Crippen LogP contribution in [0.4, 0.5) is 5.69 Å². The van der Waals surface area contributed by atoms with Gasteiger partial charge in [0.2, 0.25) is 0 Å². The second kappa shape index (κ2) is 7.21. The molecule has 23 heavy (non-hydrogen) atoms. The van der Waals surface area contributed by atoms with Gasteiger partial charge in [0.05, 0.1) is 5.69 Å². The summed E-state index contributed by atoms with van der Waals surface area (Å²) in [5.74, 6) is -0.920. The van der Waals surface area contributed by atoms with E-state index in [1.165, 1.54) is 23.3 Å². The van der Waals surface area contributed by atoms with Crippen LogP contribution in [-0.2, 0) is 0 Å². The Balaban J connectivity index is 1.84. The normalized spacial score (nSPS) is 10.5. The highest BCUT2D eigenvalue weighted by atomic mass is 79.9. The third-order valence-corrected chi connectivity index (χ3v) is 5.61. The summed E-state index contributed by atoms with van der Waals surface area (Å²) in [6.07, 6.45) is 0. The number of hydrogen-bond donors (Lipinski definition) is 2. The molecule has 1 aromatic heterocycles. The highest BCUT2D eigenvalue weighted by molar-refractivity contribution is 9.10. The first-order valence-corrected chi connectivity index (χ1v) is 9.17. The number of hydrogen-bond acceptors (Lipinski definition) is 4. The number of anilines is 1. The second-order valence-corrected chi connectivity index (χ2v) is 7.53. The van der Waals surface area contributed by atoms with Crippen LogP contribution < -0.4 is 4.72 Å². The van der Waals surface area contributed by atoms with Gasteiger partial charge >= 0.3 is 5.97 Å². The zero-order chi connectivity index (χ0) is 16.2. The van der Waals surface area contributed by atoms with E-state index in [2.05, 4.69) is 20.7 Å². The molecule has 0 aliphatic rings. The van der Waals surface area contributed by atoms with Crippen molar-refractivity contribution in [1.29, 1.82) is 0 Å². The lowest BCUT2D eigenvalue weighted by atomic mass is 10.2.